The Kier molecular flexibility index (Phi) is 2.40. The summed E-state index contributed by atoms with van der Waals surface area (Å²) in [7, 11) is 0. The lowest BCUT2D eigenvalue weighted by atomic mass is 10.1. The van der Waals surface area contributed by atoms with Gasteiger partial charge >= 0.3 is 0 Å². The largest absolute Gasteiger partial charge is 0.350 e. The van der Waals surface area contributed by atoms with Gasteiger partial charge < -0.3 is 15.2 Å². The normalized spacial score (nSPS) is 29.1. The smallest absolute Gasteiger partial charge is 0.290 e. The first-order valence-corrected chi connectivity index (χ1v) is 5.87. The summed E-state index contributed by atoms with van der Waals surface area (Å²) < 4.78 is 0. The van der Waals surface area contributed by atoms with Gasteiger partial charge in [-0.2, -0.15) is 0 Å². The first-order chi connectivity index (χ1) is 7.83. The van der Waals surface area contributed by atoms with Gasteiger partial charge in [0.25, 0.3) is 5.56 Å². The van der Waals surface area contributed by atoms with Crippen LogP contribution in [0.5, 0.6) is 0 Å². The highest BCUT2D eigenvalue weighted by atomic mass is 16.1. The monoisotopic (exact) mass is 220 g/mol. The maximum atomic E-state index is 11.7. The third-order valence-electron chi connectivity index (χ3n) is 3.51. The maximum absolute atomic E-state index is 11.7. The number of nitrogens with one attached hydrogen (secondary N) is 2. The summed E-state index contributed by atoms with van der Waals surface area (Å²) in [4.78, 5) is 20.6. The van der Waals surface area contributed by atoms with Crippen LogP contribution in [0, 0.1) is 0 Å². The van der Waals surface area contributed by atoms with E-state index in [-0.39, 0.29) is 5.56 Å². The number of nitrogens with zero attached hydrogens (tertiary/aromatic N) is 2. The summed E-state index contributed by atoms with van der Waals surface area (Å²) in [5.74, 6) is 0.567. The molecule has 1 aromatic rings. The molecule has 0 saturated carbocycles. The predicted octanol–water partition coefficient (Wildman–Crippen LogP) is 0.101. The molecule has 5 nitrogen and oxygen atoms in total. The van der Waals surface area contributed by atoms with Crippen molar-refractivity contribution in [2.45, 2.75) is 31.3 Å². The Bertz CT molecular complexity index is 430. The molecule has 2 atom stereocenters. The molecule has 3 heterocycles. The van der Waals surface area contributed by atoms with Gasteiger partial charge in [-0.15, -0.1) is 0 Å². The number of rotatable bonds is 1. The van der Waals surface area contributed by atoms with E-state index in [0.717, 1.165) is 19.5 Å². The Morgan fingerprint density at radius 3 is 3.06 bits per heavy atom. The highest BCUT2D eigenvalue weighted by molar-refractivity contribution is 5.36. The lowest BCUT2D eigenvalue weighted by Crippen LogP contribution is -2.38. The zero-order valence-electron chi connectivity index (χ0n) is 9.15. The van der Waals surface area contributed by atoms with Crippen LogP contribution in [0.25, 0.3) is 0 Å². The SMILES string of the molecule is O=c1[nH]ccnc1N1CCC2CCC(C1)N2. The molecule has 2 aliphatic rings. The lowest BCUT2D eigenvalue weighted by molar-refractivity contribution is 0.563. The minimum absolute atomic E-state index is 0.0831. The van der Waals surface area contributed by atoms with Crippen LogP contribution < -0.4 is 15.8 Å². The van der Waals surface area contributed by atoms with Crippen LogP contribution in [-0.2, 0) is 0 Å². The summed E-state index contributed by atoms with van der Waals surface area (Å²) in [6.45, 7) is 1.82. The van der Waals surface area contributed by atoms with Gasteiger partial charge in [0.05, 0.1) is 0 Å². The molecule has 2 fully saturated rings. The number of H-pyrrole nitrogens is 1. The quantitative estimate of drug-likeness (QED) is 0.704. The van der Waals surface area contributed by atoms with Crippen LogP contribution >= 0.6 is 0 Å². The van der Waals surface area contributed by atoms with Crippen molar-refractivity contribution in [1.29, 1.82) is 0 Å². The van der Waals surface area contributed by atoms with Crippen LogP contribution in [0.3, 0.4) is 0 Å². The number of hydrogen-bond acceptors (Lipinski definition) is 4. The van der Waals surface area contributed by atoms with Crippen LogP contribution in [-0.4, -0.2) is 35.1 Å². The van der Waals surface area contributed by atoms with E-state index in [1.165, 1.54) is 12.8 Å². The molecule has 0 spiro atoms. The summed E-state index contributed by atoms with van der Waals surface area (Å²) >= 11 is 0. The van der Waals surface area contributed by atoms with E-state index in [4.69, 9.17) is 0 Å². The first kappa shape index (κ1) is 9.84. The number of hydrogen-bond donors (Lipinski definition) is 2. The predicted molar refractivity (Wildman–Crippen MR) is 61.6 cm³/mol. The number of aromatic amines is 1. The molecule has 2 aliphatic heterocycles. The molecule has 1 aromatic heterocycles. The fraction of sp³-hybridized carbons (Fsp3) is 0.636. The molecule has 2 unspecified atom stereocenters. The molecule has 16 heavy (non-hydrogen) atoms. The van der Waals surface area contributed by atoms with Gasteiger partial charge in [0, 0.05) is 37.6 Å². The third-order valence-corrected chi connectivity index (χ3v) is 3.51. The third kappa shape index (κ3) is 1.71. The Morgan fingerprint density at radius 1 is 1.31 bits per heavy atom. The number of aromatic nitrogens is 2. The molecule has 2 N–H and O–H groups in total. The van der Waals surface area contributed by atoms with E-state index in [2.05, 4.69) is 20.2 Å². The molecule has 2 bridgehead atoms. The van der Waals surface area contributed by atoms with Crippen molar-refractivity contribution in [3.05, 3.63) is 22.7 Å². The van der Waals surface area contributed by atoms with E-state index in [9.17, 15) is 4.79 Å². The van der Waals surface area contributed by atoms with Crippen molar-refractivity contribution in [1.82, 2.24) is 15.3 Å². The molecule has 3 rings (SSSR count). The Morgan fingerprint density at radius 2 is 2.19 bits per heavy atom. The fourth-order valence-electron chi connectivity index (χ4n) is 2.70. The van der Waals surface area contributed by atoms with Gasteiger partial charge in [0.2, 0.25) is 0 Å². The minimum Gasteiger partial charge on any atom is -0.350 e. The summed E-state index contributed by atoms with van der Waals surface area (Å²) in [5.41, 5.74) is -0.0831. The summed E-state index contributed by atoms with van der Waals surface area (Å²) in [6.07, 6.45) is 6.82. The van der Waals surface area contributed by atoms with E-state index >= 15 is 0 Å². The van der Waals surface area contributed by atoms with Gasteiger partial charge in [-0.05, 0) is 19.3 Å². The van der Waals surface area contributed by atoms with Gasteiger partial charge in [-0.25, -0.2) is 4.98 Å². The van der Waals surface area contributed by atoms with Crippen molar-refractivity contribution in [2.24, 2.45) is 0 Å². The fourth-order valence-corrected chi connectivity index (χ4v) is 2.70. The molecule has 0 radical (unpaired) electrons. The zero-order chi connectivity index (χ0) is 11.0. The van der Waals surface area contributed by atoms with Gasteiger partial charge in [-0.3, -0.25) is 4.79 Å². The lowest BCUT2D eigenvalue weighted by Gasteiger charge is -2.24. The average Bonchev–Trinajstić information content (AvgIpc) is 2.60. The summed E-state index contributed by atoms with van der Waals surface area (Å²) in [6, 6.07) is 1.16. The molecule has 0 aromatic carbocycles. The van der Waals surface area contributed by atoms with Crippen molar-refractivity contribution >= 4 is 5.82 Å². The molecule has 5 heteroatoms. The molecular formula is C11H16N4O. The number of fused-ring (bicyclic) bond motifs is 2. The number of anilines is 1. The topological polar surface area (TPSA) is 61.0 Å². The standard InChI is InChI=1S/C11H16N4O/c16-11-10(12-4-5-13-11)15-6-3-8-1-2-9(7-15)14-8/h4-5,8-9,14H,1-3,6-7H2,(H,13,16). The second-order valence-electron chi connectivity index (χ2n) is 4.61. The van der Waals surface area contributed by atoms with E-state index < -0.39 is 0 Å². The van der Waals surface area contributed by atoms with Gasteiger partial charge in [0.1, 0.15) is 0 Å². The van der Waals surface area contributed by atoms with Crippen LogP contribution in [0.1, 0.15) is 19.3 Å². The first-order valence-electron chi connectivity index (χ1n) is 5.87. The van der Waals surface area contributed by atoms with Crippen molar-refractivity contribution < 1.29 is 0 Å². The molecular weight excluding hydrogens is 204 g/mol. The Balaban J connectivity index is 1.85. The summed E-state index contributed by atoms with van der Waals surface area (Å²) in [5, 5.41) is 3.59. The highest BCUT2D eigenvalue weighted by Gasteiger charge is 2.30. The van der Waals surface area contributed by atoms with E-state index in [1.54, 1.807) is 12.4 Å². The molecule has 0 amide bonds. The molecule has 0 aliphatic carbocycles. The molecule has 2 saturated heterocycles. The van der Waals surface area contributed by atoms with E-state index in [0.29, 0.717) is 17.9 Å². The van der Waals surface area contributed by atoms with Crippen molar-refractivity contribution in [3.8, 4) is 0 Å². The van der Waals surface area contributed by atoms with Crippen LogP contribution in [0.4, 0.5) is 5.82 Å². The maximum Gasteiger partial charge on any atom is 0.290 e. The molecule has 86 valence electrons. The zero-order valence-corrected chi connectivity index (χ0v) is 9.15. The average molecular weight is 220 g/mol. The minimum atomic E-state index is -0.0831. The van der Waals surface area contributed by atoms with Crippen molar-refractivity contribution in [3.63, 3.8) is 0 Å². The van der Waals surface area contributed by atoms with Gasteiger partial charge in [0.15, 0.2) is 5.82 Å². The van der Waals surface area contributed by atoms with Crippen molar-refractivity contribution in [2.75, 3.05) is 18.0 Å². The second-order valence-corrected chi connectivity index (χ2v) is 4.61. The Hall–Kier alpha value is -1.36. The highest BCUT2D eigenvalue weighted by Crippen LogP contribution is 2.21. The Labute approximate surface area is 93.9 Å². The second kappa shape index (κ2) is 3.90. The van der Waals surface area contributed by atoms with Gasteiger partial charge in [-0.1, -0.05) is 0 Å². The van der Waals surface area contributed by atoms with Crippen LogP contribution in [0.15, 0.2) is 17.2 Å². The van der Waals surface area contributed by atoms with Crippen LogP contribution in [0.2, 0.25) is 0 Å². The van der Waals surface area contributed by atoms with E-state index in [1.807, 2.05) is 0 Å².